The number of guanidine groups is 1. The number of nitrogens with zero attached hydrogens (tertiary/aromatic N) is 4. The molecule has 3 rings (SSSR count). The van der Waals surface area contributed by atoms with Gasteiger partial charge in [-0.25, -0.2) is 4.39 Å². The van der Waals surface area contributed by atoms with Crippen molar-refractivity contribution in [2.45, 2.75) is 24.6 Å². The van der Waals surface area contributed by atoms with Crippen LogP contribution in [0.3, 0.4) is 0 Å². The van der Waals surface area contributed by atoms with Gasteiger partial charge in [-0.15, -0.1) is 0 Å². The predicted molar refractivity (Wildman–Crippen MR) is 72.4 cm³/mol. The van der Waals surface area contributed by atoms with Gasteiger partial charge in [-0.1, -0.05) is 12.2 Å². The Morgan fingerprint density at radius 1 is 1.50 bits per heavy atom. The van der Waals surface area contributed by atoms with Gasteiger partial charge in [0.2, 0.25) is 5.96 Å². The van der Waals surface area contributed by atoms with Crippen LogP contribution in [0.25, 0.3) is 0 Å². The first-order valence-electron chi connectivity index (χ1n) is 5.90. The Labute approximate surface area is 118 Å². The van der Waals surface area contributed by atoms with E-state index in [0.29, 0.717) is 5.71 Å². The average molecular weight is 301 g/mol. The van der Waals surface area contributed by atoms with E-state index < -0.39 is 31.2 Å². The van der Waals surface area contributed by atoms with Gasteiger partial charge in [0.15, 0.2) is 23.2 Å². The molecule has 0 unspecified atom stereocenters. The standard InChI is InChI=1S/C10H12FN5O3S/c11-4-6(18)3(1-17)19-9(4)16-2-13-5-7(16)14-10(12)15-8(5)20/h3-4,6,9,17-18H,1-2H2,(H2,12,15,20)/t3-,4+,6-,9-/m1/s1. The summed E-state index contributed by atoms with van der Waals surface area (Å²) in [7, 11) is 0. The highest BCUT2D eigenvalue weighted by molar-refractivity contribution is 7.82. The molecule has 0 saturated carbocycles. The van der Waals surface area contributed by atoms with Crippen LogP contribution in [-0.2, 0) is 4.74 Å². The van der Waals surface area contributed by atoms with Crippen molar-refractivity contribution in [1.82, 2.24) is 4.90 Å². The van der Waals surface area contributed by atoms with E-state index in [9.17, 15) is 9.50 Å². The molecule has 0 amide bonds. The number of amidine groups is 1. The molecule has 10 heteroatoms. The molecule has 3 aliphatic heterocycles. The molecule has 0 aliphatic carbocycles. The van der Waals surface area contributed by atoms with Crippen LogP contribution >= 0.6 is 12.2 Å². The Balaban J connectivity index is 1.87. The van der Waals surface area contributed by atoms with Gasteiger partial charge >= 0.3 is 0 Å². The van der Waals surface area contributed by atoms with Crippen LogP contribution < -0.4 is 5.73 Å². The van der Waals surface area contributed by atoms with Crippen molar-refractivity contribution < 1.29 is 19.3 Å². The largest absolute Gasteiger partial charge is 0.394 e. The van der Waals surface area contributed by atoms with Crippen LogP contribution in [-0.4, -0.2) is 75.5 Å². The molecule has 4 atom stereocenters. The molecule has 3 heterocycles. The monoisotopic (exact) mass is 301 g/mol. The first-order valence-corrected chi connectivity index (χ1v) is 6.31. The number of aliphatic imine (C=N–C) groups is 3. The maximum atomic E-state index is 14.1. The number of rotatable bonds is 2. The van der Waals surface area contributed by atoms with E-state index in [-0.39, 0.29) is 23.5 Å². The first-order chi connectivity index (χ1) is 9.52. The summed E-state index contributed by atoms with van der Waals surface area (Å²) in [6.45, 7) is -0.402. The van der Waals surface area contributed by atoms with Crippen molar-refractivity contribution in [3.05, 3.63) is 0 Å². The molecule has 0 aromatic rings. The zero-order valence-electron chi connectivity index (χ0n) is 10.2. The number of fused-ring (bicyclic) bond motifs is 1. The number of hydrogen-bond donors (Lipinski definition) is 3. The highest BCUT2D eigenvalue weighted by atomic mass is 32.1. The topological polar surface area (TPSA) is 116 Å². The highest BCUT2D eigenvalue weighted by Gasteiger charge is 2.49. The summed E-state index contributed by atoms with van der Waals surface area (Å²) in [5, 5.41) is 18.7. The second-order valence-corrected chi connectivity index (χ2v) is 4.90. The van der Waals surface area contributed by atoms with Gasteiger partial charge in [0.1, 0.15) is 24.6 Å². The van der Waals surface area contributed by atoms with Crippen LogP contribution in [0, 0.1) is 0 Å². The summed E-state index contributed by atoms with van der Waals surface area (Å²) >= 11 is 5.02. The fraction of sp³-hybridized carbons (Fsp3) is 0.600. The zero-order chi connectivity index (χ0) is 14.4. The molecule has 8 nitrogen and oxygen atoms in total. The van der Waals surface area contributed by atoms with Crippen molar-refractivity contribution in [2.75, 3.05) is 13.3 Å². The van der Waals surface area contributed by atoms with E-state index in [2.05, 4.69) is 15.0 Å². The average Bonchev–Trinajstić information content (AvgIpc) is 2.93. The molecule has 0 aromatic carbocycles. The summed E-state index contributed by atoms with van der Waals surface area (Å²) in [4.78, 5) is 13.5. The number of hydrogen-bond acceptors (Lipinski definition) is 8. The number of aliphatic hydroxyl groups excluding tert-OH is 2. The van der Waals surface area contributed by atoms with Gasteiger partial charge in [-0.2, -0.15) is 9.98 Å². The van der Waals surface area contributed by atoms with Gasteiger partial charge < -0.3 is 25.6 Å². The second-order valence-electron chi connectivity index (χ2n) is 4.51. The van der Waals surface area contributed by atoms with E-state index >= 15 is 0 Å². The van der Waals surface area contributed by atoms with Crippen LogP contribution in [0.15, 0.2) is 15.0 Å². The van der Waals surface area contributed by atoms with E-state index in [1.807, 2.05) is 0 Å². The van der Waals surface area contributed by atoms with Crippen LogP contribution in [0.4, 0.5) is 4.39 Å². The van der Waals surface area contributed by atoms with E-state index in [1.165, 1.54) is 4.90 Å². The normalized spacial score (nSPS) is 36.6. The SMILES string of the molecule is NC1=NC(=S)C2=NCN([C@@H]3O[C@H](CO)[C@@H](O)[C@@H]3F)C2=N1. The molecule has 108 valence electrons. The molecular weight excluding hydrogens is 289 g/mol. The highest BCUT2D eigenvalue weighted by Crippen LogP contribution is 2.29. The maximum Gasteiger partial charge on any atom is 0.223 e. The Morgan fingerprint density at radius 3 is 2.90 bits per heavy atom. The third kappa shape index (κ3) is 1.92. The summed E-state index contributed by atoms with van der Waals surface area (Å²) < 4.78 is 19.4. The summed E-state index contributed by atoms with van der Waals surface area (Å²) in [6, 6.07) is 0. The van der Waals surface area contributed by atoms with Crippen molar-refractivity contribution in [3.63, 3.8) is 0 Å². The Kier molecular flexibility index (Phi) is 3.24. The number of halogens is 1. The van der Waals surface area contributed by atoms with Crippen molar-refractivity contribution in [2.24, 2.45) is 20.7 Å². The van der Waals surface area contributed by atoms with Crippen molar-refractivity contribution in [1.29, 1.82) is 0 Å². The Hall–Kier alpha value is -1.49. The van der Waals surface area contributed by atoms with Crippen molar-refractivity contribution in [3.8, 4) is 0 Å². The van der Waals surface area contributed by atoms with Gasteiger partial charge in [-0.05, 0) is 0 Å². The summed E-state index contributed by atoms with van der Waals surface area (Å²) in [6.07, 6.45) is -5.19. The molecule has 0 aromatic heterocycles. The Bertz CT molecular complexity index is 551. The first kappa shape index (κ1) is 13.5. The molecule has 3 aliphatic rings. The third-order valence-electron chi connectivity index (χ3n) is 3.29. The van der Waals surface area contributed by atoms with Gasteiger partial charge in [-0.3, -0.25) is 4.99 Å². The fourth-order valence-corrected chi connectivity index (χ4v) is 2.55. The lowest BCUT2D eigenvalue weighted by Gasteiger charge is -2.27. The number of alkyl halides is 1. The third-order valence-corrected chi connectivity index (χ3v) is 3.57. The molecule has 0 spiro atoms. The smallest absolute Gasteiger partial charge is 0.223 e. The predicted octanol–water partition coefficient (Wildman–Crippen LogP) is -1.83. The minimum atomic E-state index is -1.70. The van der Waals surface area contributed by atoms with Crippen molar-refractivity contribution >= 4 is 34.7 Å². The Morgan fingerprint density at radius 2 is 2.25 bits per heavy atom. The van der Waals surface area contributed by atoms with Gasteiger partial charge in [0.25, 0.3) is 0 Å². The van der Waals surface area contributed by atoms with E-state index in [4.69, 9.17) is 27.8 Å². The quantitative estimate of drug-likeness (QED) is 0.517. The molecule has 1 fully saturated rings. The molecular formula is C10H12FN5O3S. The van der Waals surface area contributed by atoms with E-state index in [0.717, 1.165) is 0 Å². The number of ether oxygens (including phenoxy) is 1. The number of nitrogens with two attached hydrogens (primary N) is 1. The lowest BCUT2D eigenvalue weighted by molar-refractivity contribution is -0.0610. The lowest BCUT2D eigenvalue weighted by Crippen LogP contribution is -2.47. The number of thiocarbonyl (C=S) groups is 1. The molecule has 0 bridgehead atoms. The van der Waals surface area contributed by atoms with Gasteiger partial charge in [0, 0.05) is 0 Å². The molecule has 4 N–H and O–H groups in total. The summed E-state index contributed by atoms with van der Waals surface area (Å²) in [5.74, 6) is 0.240. The lowest BCUT2D eigenvalue weighted by atomic mass is 10.1. The number of aliphatic hydroxyl groups is 2. The van der Waals surface area contributed by atoms with Crippen LogP contribution in [0.5, 0.6) is 0 Å². The fourth-order valence-electron chi connectivity index (χ4n) is 2.30. The van der Waals surface area contributed by atoms with Crippen LogP contribution in [0.2, 0.25) is 0 Å². The molecule has 1 saturated heterocycles. The maximum absolute atomic E-state index is 14.1. The summed E-state index contributed by atoms with van der Waals surface area (Å²) in [5.41, 5.74) is 5.88. The minimum Gasteiger partial charge on any atom is -0.394 e. The van der Waals surface area contributed by atoms with Crippen LogP contribution in [0.1, 0.15) is 0 Å². The zero-order valence-corrected chi connectivity index (χ0v) is 11.0. The second kappa shape index (κ2) is 4.81. The van der Waals surface area contributed by atoms with E-state index in [1.54, 1.807) is 0 Å². The molecule has 20 heavy (non-hydrogen) atoms. The minimum absolute atomic E-state index is 0.0384. The van der Waals surface area contributed by atoms with Gasteiger partial charge in [0.05, 0.1) is 6.61 Å². The molecule has 0 radical (unpaired) electrons.